The van der Waals surface area contributed by atoms with Gasteiger partial charge in [0, 0.05) is 23.1 Å². The molecule has 0 saturated carbocycles. The highest BCUT2D eigenvalue weighted by atomic mass is 35.5. The lowest BCUT2D eigenvalue weighted by atomic mass is 10.1. The minimum atomic E-state index is -0.270. The van der Waals surface area contributed by atoms with Crippen LogP contribution in [-0.2, 0) is 0 Å². The van der Waals surface area contributed by atoms with Crippen molar-refractivity contribution in [2.45, 2.75) is 13.8 Å². The van der Waals surface area contributed by atoms with Gasteiger partial charge in [-0.1, -0.05) is 40.9 Å². The molecule has 7 heteroatoms. The highest BCUT2D eigenvalue weighted by Gasteiger charge is 2.10. The molecule has 0 atom stereocenters. The molecule has 0 aliphatic carbocycles. The van der Waals surface area contributed by atoms with Gasteiger partial charge in [0.25, 0.3) is 5.91 Å². The SMILES string of the molecule is Cc1ccc(NC(=O)c2cnc(Nc3ccc(Cl)cc3Cl)nc2)c(C)c1. The van der Waals surface area contributed by atoms with Crippen LogP contribution in [-0.4, -0.2) is 15.9 Å². The number of anilines is 3. The van der Waals surface area contributed by atoms with Crippen LogP contribution in [0.3, 0.4) is 0 Å². The maximum absolute atomic E-state index is 12.4. The number of hydrogen-bond donors (Lipinski definition) is 2. The first-order valence-corrected chi connectivity index (χ1v) is 8.61. The maximum Gasteiger partial charge on any atom is 0.258 e. The molecule has 2 aromatic carbocycles. The summed E-state index contributed by atoms with van der Waals surface area (Å²) in [6.45, 7) is 3.95. The van der Waals surface area contributed by atoms with Crippen molar-refractivity contribution in [3.63, 3.8) is 0 Å². The number of carbonyl (C=O) groups excluding carboxylic acids is 1. The minimum Gasteiger partial charge on any atom is -0.323 e. The second kappa shape index (κ2) is 7.72. The number of rotatable bonds is 4. The number of nitrogens with one attached hydrogen (secondary N) is 2. The monoisotopic (exact) mass is 386 g/mol. The van der Waals surface area contributed by atoms with E-state index < -0.39 is 0 Å². The van der Waals surface area contributed by atoms with Crippen LogP contribution >= 0.6 is 23.2 Å². The summed E-state index contributed by atoms with van der Waals surface area (Å²) < 4.78 is 0. The molecular weight excluding hydrogens is 371 g/mol. The summed E-state index contributed by atoms with van der Waals surface area (Å²) in [6, 6.07) is 10.9. The summed E-state index contributed by atoms with van der Waals surface area (Å²) >= 11 is 12.0. The van der Waals surface area contributed by atoms with Gasteiger partial charge in [-0.25, -0.2) is 9.97 Å². The Morgan fingerprint density at radius 3 is 2.31 bits per heavy atom. The van der Waals surface area contributed by atoms with Crippen molar-refractivity contribution in [1.29, 1.82) is 0 Å². The quantitative estimate of drug-likeness (QED) is 0.629. The van der Waals surface area contributed by atoms with E-state index >= 15 is 0 Å². The van der Waals surface area contributed by atoms with Crippen molar-refractivity contribution >= 4 is 46.4 Å². The van der Waals surface area contributed by atoms with Gasteiger partial charge in [0.1, 0.15) is 0 Å². The second-order valence-electron chi connectivity index (χ2n) is 5.82. The Morgan fingerprint density at radius 1 is 0.962 bits per heavy atom. The predicted molar refractivity (Wildman–Crippen MR) is 106 cm³/mol. The third kappa shape index (κ3) is 4.31. The van der Waals surface area contributed by atoms with Crippen LogP contribution in [0, 0.1) is 13.8 Å². The first kappa shape index (κ1) is 18.2. The van der Waals surface area contributed by atoms with E-state index in [1.165, 1.54) is 12.4 Å². The average molecular weight is 387 g/mol. The van der Waals surface area contributed by atoms with Crippen molar-refractivity contribution in [2.24, 2.45) is 0 Å². The molecule has 1 amide bonds. The van der Waals surface area contributed by atoms with E-state index in [4.69, 9.17) is 23.2 Å². The molecule has 5 nitrogen and oxygen atoms in total. The first-order chi connectivity index (χ1) is 12.4. The summed E-state index contributed by atoms with van der Waals surface area (Å²) in [5.41, 5.74) is 3.88. The molecule has 0 radical (unpaired) electrons. The molecule has 1 heterocycles. The van der Waals surface area contributed by atoms with Gasteiger partial charge in [-0.15, -0.1) is 0 Å². The van der Waals surface area contributed by atoms with Crippen LogP contribution < -0.4 is 10.6 Å². The lowest BCUT2D eigenvalue weighted by molar-refractivity contribution is 0.102. The van der Waals surface area contributed by atoms with Gasteiger partial charge in [0.15, 0.2) is 0 Å². The maximum atomic E-state index is 12.4. The van der Waals surface area contributed by atoms with Crippen LogP contribution in [0.2, 0.25) is 10.0 Å². The smallest absolute Gasteiger partial charge is 0.258 e. The Labute approximate surface area is 161 Å². The zero-order valence-corrected chi connectivity index (χ0v) is 15.7. The third-order valence-corrected chi connectivity index (χ3v) is 4.27. The van der Waals surface area contributed by atoms with E-state index in [9.17, 15) is 4.79 Å². The number of amides is 1. The van der Waals surface area contributed by atoms with E-state index in [1.807, 2.05) is 32.0 Å². The molecule has 0 fully saturated rings. The lowest BCUT2D eigenvalue weighted by Crippen LogP contribution is -2.14. The predicted octanol–water partition coefficient (Wildman–Crippen LogP) is 5.40. The van der Waals surface area contributed by atoms with Crippen molar-refractivity contribution in [1.82, 2.24) is 9.97 Å². The molecule has 0 unspecified atom stereocenters. The zero-order chi connectivity index (χ0) is 18.7. The third-order valence-electron chi connectivity index (χ3n) is 3.72. The fourth-order valence-corrected chi connectivity index (χ4v) is 2.83. The Morgan fingerprint density at radius 2 is 1.65 bits per heavy atom. The molecule has 0 saturated heterocycles. The summed E-state index contributed by atoms with van der Waals surface area (Å²) in [5, 5.41) is 6.85. The second-order valence-corrected chi connectivity index (χ2v) is 6.66. The number of nitrogens with zero attached hydrogens (tertiary/aromatic N) is 2. The van der Waals surface area contributed by atoms with Crippen molar-refractivity contribution in [2.75, 3.05) is 10.6 Å². The van der Waals surface area contributed by atoms with E-state index in [0.717, 1.165) is 16.8 Å². The van der Waals surface area contributed by atoms with Crippen LogP contribution in [0.25, 0.3) is 0 Å². The molecule has 0 bridgehead atoms. The Hall–Kier alpha value is -2.63. The molecule has 0 aliphatic heterocycles. The number of aryl methyl sites for hydroxylation is 2. The van der Waals surface area contributed by atoms with Gasteiger partial charge in [-0.05, 0) is 43.7 Å². The molecule has 1 aromatic heterocycles. The van der Waals surface area contributed by atoms with Crippen molar-refractivity contribution < 1.29 is 4.79 Å². The highest BCUT2D eigenvalue weighted by molar-refractivity contribution is 6.36. The van der Waals surface area contributed by atoms with Crippen LogP contribution in [0.1, 0.15) is 21.5 Å². The van der Waals surface area contributed by atoms with Gasteiger partial charge < -0.3 is 10.6 Å². The number of hydrogen-bond acceptors (Lipinski definition) is 4. The number of carbonyl (C=O) groups is 1. The van der Waals surface area contributed by atoms with E-state index in [2.05, 4.69) is 20.6 Å². The van der Waals surface area contributed by atoms with Crippen LogP contribution in [0.4, 0.5) is 17.3 Å². The molecule has 3 rings (SSSR count). The van der Waals surface area contributed by atoms with Crippen LogP contribution in [0.15, 0.2) is 48.8 Å². The van der Waals surface area contributed by atoms with Gasteiger partial charge >= 0.3 is 0 Å². The average Bonchev–Trinajstić information content (AvgIpc) is 2.60. The molecule has 0 aliphatic rings. The lowest BCUT2D eigenvalue weighted by Gasteiger charge is -2.10. The summed E-state index contributed by atoms with van der Waals surface area (Å²) in [6.07, 6.45) is 2.91. The van der Waals surface area contributed by atoms with Crippen molar-refractivity contribution in [3.8, 4) is 0 Å². The number of halogens is 2. The molecular formula is C19H16Cl2N4O. The van der Waals surface area contributed by atoms with Gasteiger partial charge in [-0.2, -0.15) is 0 Å². The Bertz CT molecular complexity index is 958. The molecule has 0 spiro atoms. The number of aromatic nitrogens is 2. The normalized spacial score (nSPS) is 10.5. The summed E-state index contributed by atoms with van der Waals surface area (Å²) in [5.74, 6) is 0.0605. The molecule has 3 aromatic rings. The highest BCUT2D eigenvalue weighted by Crippen LogP contribution is 2.27. The van der Waals surface area contributed by atoms with E-state index in [-0.39, 0.29) is 5.91 Å². The van der Waals surface area contributed by atoms with Gasteiger partial charge in [0.2, 0.25) is 5.95 Å². The molecule has 26 heavy (non-hydrogen) atoms. The van der Waals surface area contributed by atoms with Crippen LogP contribution in [0.5, 0.6) is 0 Å². The van der Waals surface area contributed by atoms with E-state index in [1.54, 1.807) is 18.2 Å². The summed E-state index contributed by atoms with van der Waals surface area (Å²) in [7, 11) is 0. The van der Waals surface area contributed by atoms with Crippen molar-refractivity contribution in [3.05, 3.63) is 75.5 Å². The first-order valence-electron chi connectivity index (χ1n) is 7.85. The number of benzene rings is 2. The van der Waals surface area contributed by atoms with E-state index in [0.29, 0.717) is 27.2 Å². The minimum absolute atomic E-state index is 0.270. The largest absolute Gasteiger partial charge is 0.323 e. The fourth-order valence-electron chi connectivity index (χ4n) is 2.37. The summed E-state index contributed by atoms with van der Waals surface area (Å²) in [4.78, 5) is 20.7. The van der Waals surface area contributed by atoms with Gasteiger partial charge in [-0.3, -0.25) is 4.79 Å². The fraction of sp³-hybridized carbons (Fsp3) is 0.105. The zero-order valence-electron chi connectivity index (χ0n) is 14.2. The topological polar surface area (TPSA) is 66.9 Å². The van der Waals surface area contributed by atoms with Gasteiger partial charge in [0.05, 0.1) is 16.3 Å². The standard InChI is InChI=1S/C19H16Cl2N4O/c1-11-3-5-16(12(2)7-11)24-18(26)13-9-22-19(23-10-13)25-17-6-4-14(20)8-15(17)21/h3-10H,1-2H3,(H,24,26)(H,22,23,25). The molecule has 132 valence electrons. The Kier molecular flexibility index (Phi) is 5.40. The Balaban J connectivity index is 1.71. The molecule has 2 N–H and O–H groups in total.